The lowest BCUT2D eigenvalue weighted by molar-refractivity contribution is -0.114. The summed E-state index contributed by atoms with van der Waals surface area (Å²) >= 11 is 0. The van der Waals surface area contributed by atoms with Crippen LogP contribution in [0.3, 0.4) is 0 Å². The smallest absolute Gasteiger partial charge is 0.221 e. The van der Waals surface area contributed by atoms with Crippen molar-refractivity contribution >= 4 is 17.4 Å². The van der Waals surface area contributed by atoms with E-state index in [1.807, 2.05) is 20.8 Å². The minimum absolute atomic E-state index is 0.00656. The molecule has 0 aliphatic carbocycles. The Bertz CT molecular complexity index is 413. The number of anilines is 1. The van der Waals surface area contributed by atoms with Crippen molar-refractivity contribution in [2.45, 2.75) is 34.1 Å². The summed E-state index contributed by atoms with van der Waals surface area (Å²) < 4.78 is 0. The fourth-order valence-corrected chi connectivity index (χ4v) is 1.53. The molecule has 0 heterocycles. The van der Waals surface area contributed by atoms with Gasteiger partial charge in [0.1, 0.15) is 0 Å². The van der Waals surface area contributed by atoms with Gasteiger partial charge in [-0.2, -0.15) is 0 Å². The van der Waals surface area contributed by atoms with E-state index in [4.69, 9.17) is 0 Å². The second kappa shape index (κ2) is 5.13. The third-order valence-electron chi connectivity index (χ3n) is 2.22. The van der Waals surface area contributed by atoms with E-state index in [0.29, 0.717) is 17.7 Å². The Hall–Kier alpha value is -1.64. The molecule has 3 heteroatoms. The predicted octanol–water partition coefficient (Wildman–Crippen LogP) is 3.26. The van der Waals surface area contributed by atoms with Crippen LogP contribution in [0.1, 0.15) is 44.5 Å². The van der Waals surface area contributed by atoms with Crippen molar-refractivity contribution in [3.8, 4) is 0 Å². The van der Waals surface area contributed by atoms with E-state index in [1.165, 1.54) is 6.92 Å². The topological polar surface area (TPSA) is 46.2 Å². The molecular weight excluding hydrogens is 214 g/mol. The summed E-state index contributed by atoms with van der Waals surface area (Å²) in [5.41, 5.74) is 1.40. The van der Waals surface area contributed by atoms with E-state index < -0.39 is 0 Å². The van der Waals surface area contributed by atoms with Crippen LogP contribution >= 0.6 is 0 Å². The molecule has 1 aromatic rings. The summed E-state index contributed by atoms with van der Waals surface area (Å²) in [6, 6.07) is 6.99. The Morgan fingerprint density at radius 3 is 2.06 bits per heavy atom. The van der Waals surface area contributed by atoms with Crippen molar-refractivity contribution in [3.63, 3.8) is 0 Å². The fraction of sp³-hybridized carbons (Fsp3) is 0.429. The molecule has 92 valence electrons. The van der Waals surface area contributed by atoms with Gasteiger partial charge in [-0.3, -0.25) is 9.59 Å². The quantitative estimate of drug-likeness (QED) is 0.814. The van der Waals surface area contributed by atoms with Crippen molar-refractivity contribution in [2.24, 2.45) is 5.41 Å². The van der Waals surface area contributed by atoms with Crippen molar-refractivity contribution < 1.29 is 9.59 Å². The van der Waals surface area contributed by atoms with Gasteiger partial charge >= 0.3 is 0 Å². The Morgan fingerprint density at radius 1 is 1.12 bits per heavy atom. The third kappa shape index (κ3) is 4.81. The number of hydrogen-bond acceptors (Lipinski definition) is 2. The van der Waals surface area contributed by atoms with E-state index in [9.17, 15) is 9.59 Å². The minimum Gasteiger partial charge on any atom is -0.326 e. The molecule has 3 nitrogen and oxygen atoms in total. The van der Waals surface area contributed by atoms with Gasteiger partial charge in [-0.1, -0.05) is 20.8 Å². The first-order chi connectivity index (χ1) is 7.78. The van der Waals surface area contributed by atoms with Crippen LogP contribution in [0.15, 0.2) is 24.3 Å². The largest absolute Gasteiger partial charge is 0.326 e. The van der Waals surface area contributed by atoms with E-state index in [1.54, 1.807) is 24.3 Å². The third-order valence-corrected chi connectivity index (χ3v) is 2.22. The molecule has 0 spiro atoms. The molecule has 0 aromatic heterocycles. The average Bonchev–Trinajstić information content (AvgIpc) is 2.15. The highest BCUT2D eigenvalue weighted by Gasteiger charge is 2.17. The van der Waals surface area contributed by atoms with Crippen LogP contribution in [-0.2, 0) is 4.79 Å². The predicted molar refractivity (Wildman–Crippen MR) is 69.1 cm³/mol. The van der Waals surface area contributed by atoms with E-state index >= 15 is 0 Å². The van der Waals surface area contributed by atoms with E-state index in [-0.39, 0.29) is 17.1 Å². The molecule has 1 N–H and O–H groups in total. The Labute approximate surface area is 102 Å². The summed E-state index contributed by atoms with van der Waals surface area (Å²) in [5, 5.41) is 2.67. The van der Waals surface area contributed by atoms with Gasteiger partial charge in [-0.15, -0.1) is 0 Å². The lowest BCUT2D eigenvalue weighted by Gasteiger charge is -2.16. The molecule has 1 aromatic carbocycles. The zero-order chi connectivity index (χ0) is 13.1. The summed E-state index contributed by atoms with van der Waals surface area (Å²) in [4.78, 5) is 22.7. The summed E-state index contributed by atoms with van der Waals surface area (Å²) in [7, 11) is 0. The number of hydrogen-bond donors (Lipinski definition) is 1. The fourth-order valence-electron chi connectivity index (χ4n) is 1.53. The maximum absolute atomic E-state index is 11.9. The van der Waals surface area contributed by atoms with Crippen molar-refractivity contribution in [1.82, 2.24) is 0 Å². The highest BCUT2D eigenvalue weighted by Crippen LogP contribution is 2.22. The summed E-state index contributed by atoms with van der Waals surface area (Å²) in [6.45, 7) is 7.57. The van der Waals surface area contributed by atoms with Gasteiger partial charge in [-0.25, -0.2) is 0 Å². The highest BCUT2D eigenvalue weighted by atomic mass is 16.1. The first-order valence-corrected chi connectivity index (χ1v) is 5.69. The molecular formula is C14H19NO2. The van der Waals surface area contributed by atoms with Crippen LogP contribution in [0.2, 0.25) is 0 Å². The van der Waals surface area contributed by atoms with Gasteiger partial charge in [-0.05, 0) is 29.7 Å². The molecule has 0 bridgehead atoms. The second-order valence-electron chi connectivity index (χ2n) is 5.42. The molecule has 0 radical (unpaired) electrons. The molecule has 0 aliphatic heterocycles. The number of ketones is 1. The van der Waals surface area contributed by atoms with Gasteiger partial charge in [0.2, 0.25) is 5.91 Å². The van der Waals surface area contributed by atoms with Gasteiger partial charge in [0.15, 0.2) is 5.78 Å². The zero-order valence-electron chi connectivity index (χ0n) is 10.8. The standard InChI is InChI=1S/C14H19NO2/c1-10(16)15-12-7-5-11(6-8-12)13(17)9-14(2,3)4/h5-8H,9H2,1-4H3,(H,15,16). The van der Waals surface area contributed by atoms with Crippen LogP contribution in [0.5, 0.6) is 0 Å². The molecule has 0 aliphatic rings. The highest BCUT2D eigenvalue weighted by molar-refractivity contribution is 5.97. The van der Waals surface area contributed by atoms with Gasteiger partial charge in [0.25, 0.3) is 0 Å². The monoisotopic (exact) mass is 233 g/mol. The number of nitrogens with one attached hydrogen (secondary N) is 1. The Kier molecular flexibility index (Phi) is 4.05. The van der Waals surface area contributed by atoms with Gasteiger partial charge in [0, 0.05) is 24.6 Å². The van der Waals surface area contributed by atoms with Gasteiger partial charge in [0.05, 0.1) is 0 Å². The molecule has 1 rings (SSSR count). The molecule has 1 amide bonds. The molecule has 0 fully saturated rings. The summed E-state index contributed by atoms with van der Waals surface area (Å²) in [6.07, 6.45) is 0.520. The second-order valence-corrected chi connectivity index (χ2v) is 5.42. The van der Waals surface area contributed by atoms with Crippen molar-refractivity contribution in [1.29, 1.82) is 0 Å². The maximum Gasteiger partial charge on any atom is 0.221 e. The van der Waals surface area contributed by atoms with E-state index in [2.05, 4.69) is 5.32 Å². The van der Waals surface area contributed by atoms with Crippen LogP contribution in [-0.4, -0.2) is 11.7 Å². The molecule has 0 saturated carbocycles. The molecule has 0 saturated heterocycles. The number of rotatable bonds is 3. The number of benzene rings is 1. The zero-order valence-corrected chi connectivity index (χ0v) is 10.8. The number of Topliss-reactive ketones (excluding diaryl/α,β-unsaturated/α-hetero) is 1. The minimum atomic E-state index is -0.112. The number of carbonyl (C=O) groups excluding carboxylic acids is 2. The molecule has 17 heavy (non-hydrogen) atoms. The summed E-state index contributed by atoms with van der Waals surface area (Å²) in [5.74, 6) is 0.0191. The number of carbonyl (C=O) groups is 2. The van der Waals surface area contributed by atoms with Crippen LogP contribution in [0.25, 0.3) is 0 Å². The molecule has 0 atom stereocenters. The average molecular weight is 233 g/mol. The van der Waals surface area contributed by atoms with Crippen LogP contribution < -0.4 is 5.32 Å². The SMILES string of the molecule is CC(=O)Nc1ccc(C(=O)CC(C)(C)C)cc1. The number of amides is 1. The lowest BCUT2D eigenvalue weighted by atomic mass is 9.88. The van der Waals surface area contributed by atoms with E-state index in [0.717, 1.165) is 0 Å². The van der Waals surface area contributed by atoms with Gasteiger partial charge < -0.3 is 5.32 Å². The Morgan fingerprint density at radius 2 is 1.65 bits per heavy atom. The van der Waals surface area contributed by atoms with Crippen molar-refractivity contribution in [3.05, 3.63) is 29.8 Å². The lowest BCUT2D eigenvalue weighted by Crippen LogP contribution is -2.13. The molecule has 0 unspecified atom stereocenters. The van der Waals surface area contributed by atoms with Crippen molar-refractivity contribution in [2.75, 3.05) is 5.32 Å². The first kappa shape index (κ1) is 13.4. The Balaban J connectivity index is 2.74. The van der Waals surface area contributed by atoms with Crippen LogP contribution in [0.4, 0.5) is 5.69 Å². The van der Waals surface area contributed by atoms with Crippen LogP contribution in [0, 0.1) is 5.41 Å². The normalized spacial score (nSPS) is 11.1. The maximum atomic E-state index is 11.9. The first-order valence-electron chi connectivity index (χ1n) is 5.69.